The molecule has 170 valence electrons. The zero-order valence-electron chi connectivity index (χ0n) is 17.7. The Morgan fingerprint density at radius 2 is 1.91 bits per heavy atom. The summed E-state index contributed by atoms with van der Waals surface area (Å²) in [6.07, 6.45) is 7.13. The Hall–Kier alpha value is -3.33. The maximum atomic E-state index is 13.5. The van der Waals surface area contributed by atoms with Gasteiger partial charge in [0.1, 0.15) is 17.4 Å². The zero-order valence-corrected chi connectivity index (χ0v) is 18.5. The van der Waals surface area contributed by atoms with E-state index in [-0.39, 0.29) is 45.8 Å². The maximum Gasteiger partial charge on any atom is 0.258 e. The lowest BCUT2D eigenvalue weighted by Gasteiger charge is -2.70. The second-order valence-electron chi connectivity index (χ2n) is 8.87. The van der Waals surface area contributed by atoms with Crippen LogP contribution in [0.1, 0.15) is 42.1 Å². The van der Waals surface area contributed by atoms with Gasteiger partial charge in [-0.25, -0.2) is 19.3 Å². The van der Waals surface area contributed by atoms with Crippen LogP contribution in [0.4, 0.5) is 4.39 Å². The van der Waals surface area contributed by atoms with Crippen LogP contribution in [0, 0.1) is 18.2 Å². The SMILES string of the molecule is Cc1ncc(-c2ncc(C(=O)CC34CC(NC(=O)COc5ccc(Cl)c(F)c5)(C3)C4)o2)cn1. The van der Waals surface area contributed by atoms with E-state index < -0.39 is 5.82 Å². The van der Waals surface area contributed by atoms with Gasteiger partial charge < -0.3 is 14.5 Å². The third-order valence-electron chi connectivity index (χ3n) is 6.15. The van der Waals surface area contributed by atoms with Crippen LogP contribution in [0.2, 0.25) is 5.02 Å². The standard InChI is InChI=1S/C23H20ClFN4O4/c1-13-26-6-14(7-27-13)21-28-8-19(33-21)18(30)5-22-10-23(11-22,12-22)29-20(31)9-32-15-2-3-16(24)17(25)4-15/h2-4,6-8H,5,9-12H2,1H3,(H,29,31). The topological polar surface area (TPSA) is 107 Å². The van der Waals surface area contributed by atoms with Crippen LogP contribution in [0.3, 0.4) is 0 Å². The molecular formula is C23H20ClFN4O4. The van der Waals surface area contributed by atoms with Gasteiger partial charge in [-0.05, 0) is 43.7 Å². The van der Waals surface area contributed by atoms with Gasteiger partial charge in [-0.2, -0.15) is 0 Å². The predicted molar refractivity (Wildman–Crippen MR) is 115 cm³/mol. The molecule has 3 aliphatic rings. The monoisotopic (exact) mass is 470 g/mol. The summed E-state index contributed by atoms with van der Waals surface area (Å²) in [5.41, 5.74) is 0.192. The second-order valence-corrected chi connectivity index (χ2v) is 9.28. The third kappa shape index (κ3) is 4.20. The largest absolute Gasteiger partial charge is 0.484 e. The first kappa shape index (κ1) is 21.5. The molecule has 3 aliphatic carbocycles. The van der Waals surface area contributed by atoms with Crippen molar-refractivity contribution < 1.29 is 23.1 Å². The fourth-order valence-corrected chi connectivity index (χ4v) is 4.95. The number of carbonyl (C=O) groups is 2. The number of hydrogen-bond acceptors (Lipinski definition) is 7. The Morgan fingerprint density at radius 3 is 2.61 bits per heavy atom. The highest BCUT2D eigenvalue weighted by atomic mass is 35.5. The Labute approximate surface area is 193 Å². The van der Waals surface area contributed by atoms with Crippen LogP contribution in [0.5, 0.6) is 5.75 Å². The van der Waals surface area contributed by atoms with Crippen molar-refractivity contribution in [3.8, 4) is 17.2 Å². The number of ketones is 1. The molecule has 0 unspecified atom stereocenters. The van der Waals surface area contributed by atoms with E-state index in [1.54, 1.807) is 19.3 Å². The first-order chi connectivity index (χ1) is 15.7. The molecule has 6 rings (SSSR count). The zero-order chi connectivity index (χ0) is 23.2. The summed E-state index contributed by atoms with van der Waals surface area (Å²) >= 11 is 5.64. The summed E-state index contributed by atoms with van der Waals surface area (Å²) in [6, 6.07) is 4.01. The van der Waals surface area contributed by atoms with Gasteiger partial charge in [0.15, 0.2) is 18.2 Å². The molecule has 33 heavy (non-hydrogen) atoms. The highest BCUT2D eigenvalue weighted by Gasteiger charge is 2.68. The van der Waals surface area contributed by atoms with Gasteiger partial charge in [-0.3, -0.25) is 9.59 Å². The van der Waals surface area contributed by atoms with Gasteiger partial charge in [0.05, 0.1) is 16.8 Å². The van der Waals surface area contributed by atoms with E-state index >= 15 is 0 Å². The minimum absolute atomic E-state index is 0.00812. The Kier molecular flexibility index (Phi) is 5.16. The molecular weight excluding hydrogens is 451 g/mol. The highest BCUT2D eigenvalue weighted by Crippen LogP contribution is 2.69. The predicted octanol–water partition coefficient (Wildman–Crippen LogP) is 3.92. The molecule has 0 radical (unpaired) electrons. The number of aromatic nitrogens is 3. The lowest BCUT2D eigenvalue weighted by molar-refractivity contribution is -0.164. The van der Waals surface area contributed by atoms with Crippen LogP contribution in [-0.4, -0.2) is 38.8 Å². The van der Waals surface area contributed by atoms with E-state index in [9.17, 15) is 14.0 Å². The molecule has 10 heteroatoms. The quantitative estimate of drug-likeness (QED) is 0.497. The number of ether oxygens (including phenoxy) is 1. The number of carbonyl (C=O) groups excluding carboxylic acids is 2. The van der Waals surface area contributed by atoms with Gasteiger partial charge in [0, 0.05) is 30.4 Å². The number of aryl methyl sites for hydroxylation is 1. The Bertz CT molecular complexity index is 1220. The number of Topliss-reactive ketones (excluding diaryl/α,β-unsaturated/α-hetero) is 1. The maximum absolute atomic E-state index is 13.5. The molecule has 0 spiro atoms. The van der Waals surface area contributed by atoms with Crippen molar-refractivity contribution in [3.63, 3.8) is 0 Å². The van der Waals surface area contributed by atoms with Crippen LogP contribution in [0.15, 0.2) is 41.2 Å². The summed E-state index contributed by atoms with van der Waals surface area (Å²) in [5, 5.41) is 2.97. The molecule has 0 aliphatic heterocycles. The first-order valence-corrected chi connectivity index (χ1v) is 10.8. The lowest BCUT2D eigenvalue weighted by Crippen LogP contribution is -2.75. The summed E-state index contributed by atoms with van der Waals surface area (Å²) in [6.45, 7) is 1.55. The molecule has 0 saturated heterocycles. The van der Waals surface area contributed by atoms with Gasteiger partial charge in [0.25, 0.3) is 5.91 Å². The van der Waals surface area contributed by atoms with Gasteiger partial charge in [-0.1, -0.05) is 11.6 Å². The molecule has 1 N–H and O–H groups in total. The number of amides is 1. The molecule has 0 atom stereocenters. The number of halogens is 2. The number of hydrogen-bond donors (Lipinski definition) is 1. The molecule has 2 heterocycles. The lowest BCUT2D eigenvalue weighted by atomic mass is 9.38. The van der Waals surface area contributed by atoms with Crippen LogP contribution in [0.25, 0.3) is 11.5 Å². The average Bonchev–Trinajstić information content (AvgIpc) is 3.23. The summed E-state index contributed by atoms with van der Waals surface area (Å²) in [4.78, 5) is 37.3. The van der Waals surface area contributed by atoms with E-state index in [2.05, 4.69) is 20.3 Å². The van der Waals surface area contributed by atoms with Crippen LogP contribution < -0.4 is 10.1 Å². The highest BCUT2D eigenvalue weighted by molar-refractivity contribution is 6.30. The van der Waals surface area contributed by atoms with E-state index in [0.29, 0.717) is 23.7 Å². The van der Waals surface area contributed by atoms with Crippen molar-refractivity contribution in [2.75, 3.05) is 6.61 Å². The van der Waals surface area contributed by atoms with E-state index in [1.165, 1.54) is 18.3 Å². The molecule has 8 nitrogen and oxygen atoms in total. The fourth-order valence-electron chi connectivity index (χ4n) is 4.83. The minimum atomic E-state index is -0.605. The van der Waals surface area contributed by atoms with Crippen molar-refractivity contribution in [2.24, 2.45) is 5.41 Å². The molecule has 3 aromatic rings. The van der Waals surface area contributed by atoms with Crippen molar-refractivity contribution >= 4 is 23.3 Å². The number of oxazole rings is 1. The molecule has 1 amide bonds. The number of benzene rings is 1. The number of nitrogens with zero attached hydrogens (tertiary/aromatic N) is 3. The van der Waals surface area contributed by atoms with Crippen molar-refractivity contribution in [1.29, 1.82) is 0 Å². The van der Waals surface area contributed by atoms with Crippen LogP contribution in [-0.2, 0) is 4.79 Å². The van der Waals surface area contributed by atoms with Crippen molar-refractivity contribution in [2.45, 2.75) is 38.1 Å². The van der Waals surface area contributed by atoms with Gasteiger partial charge in [-0.15, -0.1) is 0 Å². The smallest absolute Gasteiger partial charge is 0.258 e. The third-order valence-corrected chi connectivity index (χ3v) is 6.46. The van der Waals surface area contributed by atoms with Gasteiger partial charge in [0.2, 0.25) is 5.89 Å². The van der Waals surface area contributed by atoms with Gasteiger partial charge >= 0.3 is 0 Å². The number of nitrogens with one attached hydrogen (secondary N) is 1. The van der Waals surface area contributed by atoms with Crippen molar-refractivity contribution in [1.82, 2.24) is 20.3 Å². The summed E-state index contributed by atoms with van der Waals surface area (Å²) in [5.74, 6) is 0.371. The van der Waals surface area contributed by atoms with Crippen molar-refractivity contribution in [3.05, 3.63) is 59.2 Å². The number of rotatable bonds is 8. The van der Waals surface area contributed by atoms with E-state index in [1.807, 2.05) is 0 Å². The van der Waals surface area contributed by atoms with E-state index in [0.717, 1.165) is 25.3 Å². The Morgan fingerprint density at radius 1 is 1.18 bits per heavy atom. The molecule has 3 fully saturated rings. The molecule has 2 bridgehead atoms. The molecule has 3 saturated carbocycles. The fraction of sp³-hybridized carbons (Fsp3) is 0.348. The minimum Gasteiger partial charge on any atom is -0.484 e. The van der Waals surface area contributed by atoms with E-state index in [4.69, 9.17) is 20.8 Å². The second kappa shape index (κ2) is 7.91. The average molecular weight is 471 g/mol. The normalized spacial score (nSPS) is 22.8. The molecule has 2 aromatic heterocycles. The summed E-state index contributed by atoms with van der Waals surface area (Å²) < 4.78 is 24.4. The van der Waals surface area contributed by atoms with Crippen LogP contribution >= 0.6 is 11.6 Å². The molecule has 1 aromatic carbocycles. The Balaban J connectivity index is 1.10. The summed E-state index contributed by atoms with van der Waals surface area (Å²) in [7, 11) is 0. The first-order valence-electron chi connectivity index (χ1n) is 10.4.